The van der Waals surface area contributed by atoms with Crippen LogP contribution in [0.3, 0.4) is 0 Å². The highest BCUT2D eigenvalue weighted by molar-refractivity contribution is 7.14. The van der Waals surface area contributed by atoms with Crippen molar-refractivity contribution in [3.8, 4) is 0 Å². The van der Waals surface area contributed by atoms with Crippen molar-refractivity contribution in [3.63, 3.8) is 0 Å². The molecule has 184 valence electrons. The van der Waals surface area contributed by atoms with E-state index in [4.69, 9.17) is 0 Å². The molecule has 1 atom stereocenters. The molecule has 4 N–H and O–H groups in total. The van der Waals surface area contributed by atoms with E-state index in [-0.39, 0.29) is 23.8 Å². The number of nitrogens with one attached hydrogen (secondary N) is 4. The highest BCUT2D eigenvalue weighted by Crippen LogP contribution is 2.29. The first kappa shape index (κ1) is 23.5. The van der Waals surface area contributed by atoms with Crippen LogP contribution in [0.15, 0.2) is 30.5 Å². The molecule has 1 saturated heterocycles. The van der Waals surface area contributed by atoms with Gasteiger partial charge in [0.1, 0.15) is 6.04 Å². The van der Waals surface area contributed by atoms with Gasteiger partial charge in [0.15, 0.2) is 0 Å². The zero-order chi connectivity index (χ0) is 24.4. The summed E-state index contributed by atoms with van der Waals surface area (Å²) in [6.45, 7) is 4.78. The fourth-order valence-electron chi connectivity index (χ4n) is 4.74. The highest BCUT2D eigenvalue weighted by atomic mass is 32.1. The zero-order valence-corrected chi connectivity index (χ0v) is 20.5. The number of thiophene rings is 1. The minimum Gasteiger partial charge on any atom is -0.349 e. The van der Waals surface area contributed by atoms with E-state index >= 15 is 0 Å². The minimum atomic E-state index is -0.606. The Labute approximate surface area is 207 Å². The molecule has 1 aromatic carbocycles. The molecule has 3 aromatic rings. The minimum absolute atomic E-state index is 0.0255. The summed E-state index contributed by atoms with van der Waals surface area (Å²) in [5, 5.41) is 17.1. The molecule has 1 fully saturated rings. The standard InChI is InChI=1S/C25H30N6O3S/c1-2-19(29-23(32)15-3-4-20-16(11-15)13-27-30-20)25(34)31-10-7-21-17(14-31)12-22(35-21)24(33)28-18-5-8-26-9-6-18/h3-4,11-13,18-19,26H,2,5-10,14H2,1H3,(H,27,30)(H,28,33)(H,29,32)/t19-/m1/s1. The third kappa shape index (κ3) is 5.08. The van der Waals surface area contributed by atoms with Gasteiger partial charge in [-0.3, -0.25) is 19.5 Å². The Balaban J connectivity index is 1.22. The topological polar surface area (TPSA) is 119 Å². The third-order valence-electron chi connectivity index (χ3n) is 6.79. The molecule has 2 aliphatic heterocycles. The van der Waals surface area contributed by atoms with Crippen LogP contribution in [0.5, 0.6) is 0 Å². The number of amides is 3. The summed E-state index contributed by atoms with van der Waals surface area (Å²) in [7, 11) is 0. The molecule has 0 radical (unpaired) electrons. The molecule has 0 spiro atoms. The number of rotatable bonds is 6. The van der Waals surface area contributed by atoms with Crippen LogP contribution in [0.2, 0.25) is 0 Å². The van der Waals surface area contributed by atoms with Gasteiger partial charge in [0.05, 0.1) is 16.6 Å². The van der Waals surface area contributed by atoms with Crippen molar-refractivity contribution in [2.45, 2.75) is 51.2 Å². The Hall–Kier alpha value is -3.24. The first-order valence-corrected chi connectivity index (χ1v) is 13.0. The van der Waals surface area contributed by atoms with Crippen LogP contribution in [-0.2, 0) is 17.8 Å². The van der Waals surface area contributed by atoms with Gasteiger partial charge in [-0.1, -0.05) is 6.92 Å². The van der Waals surface area contributed by atoms with Crippen LogP contribution in [-0.4, -0.2) is 64.5 Å². The maximum Gasteiger partial charge on any atom is 0.261 e. The highest BCUT2D eigenvalue weighted by Gasteiger charge is 2.30. The number of nitrogens with zero attached hydrogens (tertiary/aromatic N) is 2. The Morgan fingerprint density at radius 1 is 1.20 bits per heavy atom. The van der Waals surface area contributed by atoms with E-state index in [1.165, 1.54) is 11.3 Å². The number of aromatic amines is 1. The van der Waals surface area contributed by atoms with Gasteiger partial charge < -0.3 is 20.9 Å². The molecule has 10 heteroatoms. The van der Waals surface area contributed by atoms with Gasteiger partial charge in [-0.2, -0.15) is 5.10 Å². The van der Waals surface area contributed by atoms with Gasteiger partial charge >= 0.3 is 0 Å². The van der Waals surface area contributed by atoms with Gasteiger partial charge in [0.2, 0.25) is 5.91 Å². The molecule has 3 amide bonds. The number of fused-ring (bicyclic) bond motifs is 2. The molecule has 0 aliphatic carbocycles. The van der Waals surface area contributed by atoms with E-state index in [9.17, 15) is 14.4 Å². The fraction of sp³-hybridized carbons (Fsp3) is 0.440. The Morgan fingerprint density at radius 3 is 2.83 bits per heavy atom. The molecule has 4 heterocycles. The lowest BCUT2D eigenvalue weighted by Gasteiger charge is -2.30. The average Bonchev–Trinajstić information content (AvgIpc) is 3.53. The van der Waals surface area contributed by atoms with E-state index in [2.05, 4.69) is 26.1 Å². The van der Waals surface area contributed by atoms with Crippen molar-refractivity contribution in [1.29, 1.82) is 0 Å². The van der Waals surface area contributed by atoms with Crippen LogP contribution in [0.25, 0.3) is 10.9 Å². The van der Waals surface area contributed by atoms with Gasteiger partial charge in [0.25, 0.3) is 11.8 Å². The van der Waals surface area contributed by atoms with Crippen molar-refractivity contribution in [1.82, 2.24) is 31.0 Å². The summed E-state index contributed by atoms with van der Waals surface area (Å²) < 4.78 is 0. The van der Waals surface area contributed by atoms with Crippen LogP contribution in [0.4, 0.5) is 0 Å². The molecule has 0 unspecified atom stereocenters. The Kier molecular flexibility index (Phi) is 6.83. The lowest BCUT2D eigenvalue weighted by atomic mass is 10.1. The quantitative estimate of drug-likeness (QED) is 0.419. The number of hydrogen-bond acceptors (Lipinski definition) is 6. The van der Waals surface area contributed by atoms with Crippen molar-refractivity contribution < 1.29 is 14.4 Å². The molecular formula is C25H30N6O3S. The number of aromatic nitrogens is 2. The largest absolute Gasteiger partial charge is 0.349 e. The summed E-state index contributed by atoms with van der Waals surface area (Å²) in [5.74, 6) is -0.399. The number of benzene rings is 1. The zero-order valence-electron chi connectivity index (χ0n) is 19.7. The van der Waals surface area contributed by atoms with E-state index in [0.29, 0.717) is 36.4 Å². The lowest BCUT2D eigenvalue weighted by molar-refractivity contribution is -0.134. The van der Waals surface area contributed by atoms with Crippen LogP contribution in [0, 0.1) is 0 Å². The number of H-pyrrole nitrogens is 1. The van der Waals surface area contributed by atoms with Crippen molar-refractivity contribution in [2.24, 2.45) is 0 Å². The first-order chi connectivity index (χ1) is 17.0. The normalized spacial score (nSPS) is 17.1. The first-order valence-electron chi connectivity index (χ1n) is 12.2. The van der Waals surface area contributed by atoms with E-state index in [1.54, 1.807) is 23.2 Å². The second-order valence-electron chi connectivity index (χ2n) is 9.17. The van der Waals surface area contributed by atoms with Gasteiger partial charge in [-0.25, -0.2) is 0 Å². The Morgan fingerprint density at radius 2 is 2.03 bits per heavy atom. The van der Waals surface area contributed by atoms with Gasteiger partial charge in [0, 0.05) is 35.0 Å². The Bertz CT molecular complexity index is 1250. The molecular weight excluding hydrogens is 464 g/mol. The van der Waals surface area contributed by atoms with Crippen LogP contribution in [0.1, 0.15) is 56.7 Å². The van der Waals surface area contributed by atoms with E-state index in [0.717, 1.165) is 47.3 Å². The molecule has 35 heavy (non-hydrogen) atoms. The van der Waals surface area contributed by atoms with Gasteiger partial charge in [-0.05, 0) is 68.6 Å². The van der Waals surface area contributed by atoms with Gasteiger partial charge in [-0.15, -0.1) is 11.3 Å². The maximum absolute atomic E-state index is 13.3. The van der Waals surface area contributed by atoms with Crippen LogP contribution < -0.4 is 16.0 Å². The average molecular weight is 495 g/mol. The molecule has 2 aromatic heterocycles. The summed E-state index contributed by atoms with van der Waals surface area (Å²) >= 11 is 1.53. The van der Waals surface area contributed by atoms with Crippen LogP contribution >= 0.6 is 11.3 Å². The summed E-state index contributed by atoms with van der Waals surface area (Å²) in [4.78, 5) is 42.6. The van der Waals surface area contributed by atoms with Crippen molar-refractivity contribution in [3.05, 3.63) is 51.3 Å². The predicted molar refractivity (Wildman–Crippen MR) is 134 cm³/mol. The third-order valence-corrected chi connectivity index (χ3v) is 8.03. The number of carbonyl (C=O) groups is 3. The van der Waals surface area contributed by atoms with E-state index < -0.39 is 6.04 Å². The number of hydrogen-bond donors (Lipinski definition) is 4. The second kappa shape index (κ2) is 10.2. The smallest absolute Gasteiger partial charge is 0.261 e. The van der Waals surface area contributed by atoms with Crippen molar-refractivity contribution >= 4 is 40.0 Å². The number of piperidine rings is 1. The lowest BCUT2D eigenvalue weighted by Crippen LogP contribution is -2.49. The second-order valence-corrected chi connectivity index (χ2v) is 10.3. The SMILES string of the molecule is CC[C@@H](NC(=O)c1ccc2[nH]ncc2c1)C(=O)N1CCc2sc(C(=O)NC3CCNCC3)cc2C1. The molecule has 9 nitrogen and oxygen atoms in total. The molecule has 5 rings (SSSR count). The monoisotopic (exact) mass is 494 g/mol. The maximum atomic E-state index is 13.3. The summed E-state index contributed by atoms with van der Waals surface area (Å²) in [6.07, 6.45) is 4.77. The number of carbonyl (C=O) groups excluding carboxylic acids is 3. The fourth-order valence-corrected chi connectivity index (χ4v) is 5.81. The summed E-state index contributed by atoms with van der Waals surface area (Å²) in [5.41, 5.74) is 2.37. The molecule has 0 bridgehead atoms. The molecule has 2 aliphatic rings. The summed E-state index contributed by atoms with van der Waals surface area (Å²) in [6, 6.07) is 6.83. The predicted octanol–water partition coefficient (Wildman–Crippen LogP) is 2.20. The van der Waals surface area contributed by atoms with E-state index in [1.807, 2.05) is 19.1 Å². The molecule has 0 saturated carbocycles. The van der Waals surface area contributed by atoms with Crippen molar-refractivity contribution in [2.75, 3.05) is 19.6 Å².